The number of nitrogens with zero attached hydrogens (tertiary/aromatic N) is 2. The molecule has 4 nitrogen and oxygen atoms in total. The van der Waals surface area contributed by atoms with Crippen molar-refractivity contribution in [2.24, 2.45) is 10.8 Å². The van der Waals surface area contributed by atoms with E-state index in [1.807, 2.05) is 13.0 Å². The second-order valence-corrected chi connectivity index (χ2v) is 3.53. The predicted octanol–water partition coefficient (Wildman–Crippen LogP) is 1.66. The molecule has 3 N–H and O–H groups in total. The molecule has 0 unspecified atom stereocenters. The van der Waals surface area contributed by atoms with Gasteiger partial charge in [0.15, 0.2) is 0 Å². The fraction of sp³-hybridized carbons (Fsp3) is 0.417. The summed E-state index contributed by atoms with van der Waals surface area (Å²) < 4.78 is 0. The van der Waals surface area contributed by atoms with Crippen LogP contribution in [-0.2, 0) is 0 Å². The number of hydrogen-bond donors (Lipinski definition) is 2. The highest BCUT2D eigenvalue weighted by molar-refractivity contribution is 5.95. The molecule has 1 aromatic carbocycles. The van der Waals surface area contributed by atoms with E-state index < -0.39 is 0 Å². The molecule has 4 heteroatoms. The highest BCUT2D eigenvalue weighted by Crippen LogP contribution is 2.15. The van der Waals surface area contributed by atoms with Gasteiger partial charge in [-0.25, -0.2) is 5.84 Å². The van der Waals surface area contributed by atoms with Gasteiger partial charge in [0.25, 0.3) is 0 Å². The van der Waals surface area contributed by atoms with Gasteiger partial charge >= 0.3 is 0 Å². The lowest BCUT2D eigenvalue weighted by molar-refractivity contribution is 0.912. The maximum absolute atomic E-state index is 5.49. The van der Waals surface area contributed by atoms with Crippen molar-refractivity contribution < 1.29 is 0 Å². The first kappa shape index (κ1) is 12.5. The van der Waals surface area contributed by atoms with E-state index in [1.165, 1.54) is 5.56 Å². The molecule has 0 aliphatic rings. The molecule has 1 aromatic rings. The molecule has 0 saturated heterocycles. The quantitative estimate of drug-likeness (QED) is 0.352. The van der Waals surface area contributed by atoms with Crippen molar-refractivity contribution in [3.8, 4) is 0 Å². The van der Waals surface area contributed by atoms with Gasteiger partial charge in [0.1, 0.15) is 0 Å². The molecule has 0 fully saturated rings. The Morgan fingerprint density at radius 3 is 2.69 bits per heavy atom. The van der Waals surface area contributed by atoms with E-state index >= 15 is 0 Å². The molecule has 0 bridgehead atoms. The van der Waals surface area contributed by atoms with Gasteiger partial charge in [0.2, 0.25) is 5.96 Å². The van der Waals surface area contributed by atoms with Crippen molar-refractivity contribution in [3.63, 3.8) is 0 Å². The van der Waals surface area contributed by atoms with Crippen molar-refractivity contribution in [3.05, 3.63) is 29.8 Å². The summed E-state index contributed by atoms with van der Waals surface area (Å²) in [6.45, 7) is 7.67. The molecule has 16 heavy (non-hydrogen) atoms. The van der Waals surface area contributed by atoms with Crippen molar-refractivity contribution >= 4 is 11.6 Å². The molecule has 0 aliphatic heterocycles. The maximum atomic E-state index is 5.49. The molecule has 0 saturated carbocycles. The molecule has 0 aliphatic carbocycles. The van der Waals surface area contributed by atoms with Crippen LogP contribution in [0.3, 0.4) is 0 Å². The number of benzene rings is 1. The van der Waals surface area contributed by atoms with E-state index in [-0.39, 0.29) is 0 Å². The highest BCUT2D eigenvalue weighted by Gasteiger charge is 2.09. The van der Waals surface area contributed by atoms with Crippen LogP contribution >= 0.6 is 0 Å². The molecule has 88 valence electrons. The molecule has 1 rings (SSSR count). The van der Waals surface area contributed by atoms with Crippen molar-refractivity contribution in [2.75, 3.05) is 18.0 Å². The summed E-state index contributed by atoms with van der Waals surface area (Å²) in [5.41, 5.74) is 4.98. The molecule has 0 atom stereocenters. The van der Waals surface area contributed by atoms with Crippen LogP contribution in [0.4, 0.5) is 5.69 Å². The Balaban J connectivity index is 3.01. The molecule has 0 aromatic heterocycles. The number of anilines is 1. The third kappa shape index (κ3) is 2.97. The van der Waals surface area contributed by atoms with Crippen LogP contribution in [0.5, 0.6) is 0 Å². The monoisotopic (exact) mass is 220 g/mol. The summed E-state index contributed by atoms with van der Waals surface area (Å²) in [7, 11) is 0. The Morgan fingerprint density at radius 1 is 1.44 bits per heavy atom. The van der Waals surface area contributed by atoms with Crippen LogP contribution in [0, 0.1) is 6.92 Å². The van der Waals surface area contributed by atoms with E-state index in [9.17, 15) is 0 Å². The van der Waals surface area contributed by atoms with Crippen LogP contribution in [0.25, 0.3) is 0 Å². The van der Waals surface area contributed by atoms with Crippen LogP contribution < -0.4 is 16.2 Å². The summed E-state index contributed by atoms with van der Waals surface area (Å²) in [4.78, 5) is 6.38. The number of rotatable bonds is 3. The first-order chi connectivity index (χ1) is 7.72. The van der Waals surface area contributed by atoms with Crippen LogP contribution in [0.1, 0.15) is 19.4 Å². The zero-order valence-corrected chi connectivity index (χ0v) is 10.2. The van der Waals surface area contributed by atoms with Gasteiger partial charge in [0, 0.05) is 18.8 Å². The lowest BCUT2D eigenvalue weighted by Gasteiger charge is -2.24. The number of hydrogen-bond acceptors (Lipinski definition) is 2. The third-order valence-electron chi connectivity index (χ3n) is 2.32. The predicted molar refractivity (Wildman–Crippen MR) is 69.5 cm³/mol. The van der Waals surface area contributed by atoms with Gasteiger partial charge < -0.3 is 4.90 Å². The largest absolute Gasteiger partial charge is 0.312 e. The Labute approximate surface area is 97.1 Å². The smallest absolute Gasteiger partial charge is 0.212 e. The van der Waals surface area contributed by atoms with Crippen molar-refractivity contribution in [1.29, 1.82) is 0 Å². The van der Waals surface area contributed by atoms with Crippen LogP contribution in [0.15, 0.2) is 29.3 Å². The average molecular weight is 220 g/mol. The summed E-state index contributed by atoms with van der Waals surface area (Å²) in [5, 5.41) is 0. The second-order valence-electron chi connectivity index (χ2n) is 3.53. The summed E-state index contributed by atoms with van der Waals surface area (Å²) in [5.74, 6) is 6.19. The summed E-state index contributed by atoms with van der Waals surface area (Å²) in [6, 6.07) is 8.28. The number of nitrogens with two attached hydrogens (primary N) is 1. The average Bonchev–Trinajstić information content (AvgIpc) is 2.29. The summed E-state index contributed by atoms with van der Waals surface area (Å²) >= 11 is 0. The van der Waals surface area contributed by atoms with E-state index in [0.717, 1.165) is 12.2 Å². The van der Waals surface area contributed by atoms with E-state index in [1.54, 1.807) is 0 Å². The van der Waals surface area contributed by atoms with E-state index in [0.29, 0.717) is 12.5 Å². The van der Waals surface area contributed by atoms with Gasteiger partial charge in [0.05, 0.1) is 0 Å². The number of aliphatic imine (C=N–C) groups is 1. The number of hydrazine groups is 1. The topological polar surface area (TPSA) is 53.6 Å². The second kappa shape index (κ2) is 6.12. The zero-order valence-electron chi connectivity index (χ0n) is 10.2. The minimum atomic E-state index is 0.704. The Kier molecular flexibility index (Phi) is 4.79. The van der Waals surface area contributed by atoms with Crippen LogP contribution in [0.2, 0.25) is 0 Å². The van der Waals surface area contributed by atoms with Gasteiger partial charge in [-0.3, -0.25) is 10.4 Å². The normalized spacial score (nSPS) is 11.4. The zero-order chi connectivity index (χ0) is 12.0. The maximum Gasteiger partial charge on any atom is 0.212 e. The molecule has 0 amide bonds. The SMILES string of the molecule is CCN=C(NN)N(CC)c1cccc(C)c1. The molecular formula is C12H20N4. The molecule has 0 radical (unpaired) electrons. The van der Waals surface area contributed by atoms with E-state index in [4.69, 9.17) is 5.84 Å². The van der Waals surface area contributed by atoms with Crippen molar-refractivity contribution in [2.45, 2.75) is 20.8 Å². The fourth-order valence-corrected chi connectivity index (χ4v) is 1.61. The standard InChI is InChI=1S/C12H20N4/c1-4-14-12(15-13)16(5-2)11-8-6-7-10(3)9-11/h6-9H,4-5,13H2,1-3H3,(H,14,15). The number of guanidine groups is 1. The van der Waals surface area contributed by atoms with Gasteiger partial charge in [-0.2, -0.15) is 0 Å². The third-order valence-corrected chi connectivity index (χ3v) is 2.32. The number of aryl methyl sites for hydroxylation is 1. The van der Waals surface area contributed by atoms with Crippen LogP contribution in [-0.4, -0.2) is 19.0 Å². The first-order valence-electron chi connectivity index (χ1n) is 5.58. The van der Waals surface area contributed by atoms with E-state index in [2.05, 4.69) is 47.4 Å². The minimum absolute atomic E-state index is 0.704. The van der Waals surface area contributed by atoms with Crippen molar-refractivity contribution in [1.82, 2.24) is 5.43 Å². The Bertz CT molecular complexity index is 360. The fourth-order valence-electron chi connectivity index (χ4n) is 1.61. The first-order valence-corrected chi connectivity index (χ1v) is 5.58. The lowest BCUT2D eigenvalue weighted by Crippen LogP contribution is -2.45. The van der Waals surface area contributed by atoms with Gasteiger partial charge in [-0.1, -0.05) is 12.1 Å². The molecule has 0 heterocycles. The van der Waals surface area contributed by atoms with Gasteiger partial charge in [-0.15, -0.1) is 0 Å². The summed E-state index contributed by atoms with van der Waals surface area (Å²) in [6.07, 6.45) is 0. The number of nitrogens with one attached hydrogen (secondary N) is 1. The van der Waals surface area contributed by atoms with Gasteiger partial charge in [-0.05, 0) is 38.5 Å². The Morgan fingerprint density at radius 2 is 2.19 bits per heavy atom. The highest BCUT2D eigenvalue weighted by atomic mass is 15.4. The Hall–Kier alpha value is -1.55. The lowest BCUT2D eigenvalue weighted by atomic mass is 10.2. The minimum Gasteiger partial charge on any atom is -0.312 e. The molecule has 0 spiro atoms. The molecular weight excluding hydrogens is 200 g/mol.